The summed E-state index contributed by atoms with van der Waals surface area (Å²) < 4.78 is 11.0. The molecule has 1 saturated heterocycles. The quantitative estimate of drug-likeness (QED) is 0.743. The van der Waals surface area contributed by atoms with Gasteiger partial charge in [0.1, 0.15) is 0 Å². The minimum Gasteiger partial charge on any atom is -0.493 e. The molecule has 1 atom stereocenters. The van der Waals surface area contributed by atoms with Crippen molar-refractivity contribution in [3.05, 3.63) is 58.1 Å². The number of nitrogens with zero attached hydrogens (tertiary/aromatic N) is 2. The number of rotatable bonds is 5. The van der Waals surface area contributed by atoms with Gasteiger partial charge in [-0.3, -0.25) is 9.80 Å². The lowest BCUT2D eigenvalue weighted by atomic mass is 9.95. The second-order valence-electron chi connectivity index (χ2n) is 7.85. The number of halogens is 1. The maximum absolute atomic E-state index is 6.02. The highest BCUT2D eigenvalue weighted by molar-refractivity contribution is 6.30. The van der Waals surface area contributed by atoms with Gasteiger partial charge >= 0.3 is 0 Å². The Morgan fingerprint density at radius 1 is 1.00 bits per heavy atom. The first kappa shape index (κ1) is 19.6. The average molecular weight is 401 g/mol. The molecule has 2 aromatic carbocycles. The Kier molecular flexibility index (Phi) is 6.10. The molecule has 2 aromatic rings. The number of hydrogen-bond acceptors (Lipinski definition) is 4. The van der Waals surface area contributed by atoms with E-state index in [9.17, 15) is 0 Å². The van der Waals surface area contributed by atoms with Gasteiger partial charge in [-0.2, -0.15) is 0 Å². The molecule has 0 amide bonds. The van der Waals surface area contributed by atoms with Gasteiger partial charge in [-0.05, 0) is 66.8 Å². The van der Waals surface area contributed by atoms with Crippen molar-refractivity contribution in [3.63, 3.8) is 0 Å². The van der Waals surface area contributed by atoms with E-state index in [-0.39, 0.29) is 0 Å². The van der Waals surface area contributed by atoms with E-state index < -0.39 is 0 Å². The highest BCUT2D eigenvalue weighted by Crippen LogP contribution is 2.34. The van der Waals surface area contributed by atoms with E-state index in [4.69, 9.17) is 21.1 Å². The van der Waals surface area contributed by atoms with E-state index in [1.807, 2.05) is 12.1 Å². The molecular formula is C23H29ClN2O2. The fourth-order valence-corrected chi connectivity index (χ4v) is 4.66. The summed E-state index contributed by atoms with van der Waals surface area (Å²) in [6.07, 6.45) is 3.61. The Morgan fingerprint density at radius 3 is 2.43 bits per heavy atom. The zero-order valence-electron chi connectivity index (χ0n) is 16.8. The molecular weight excluding hydrogens is 372 g/mol. The van der Waals surface area contributed by atoms with Crippen LogP contribution in [0.1, 0.15) is 29.5 Å². The molecule has 0 aliphatic carbocycles. The van der Waals surface area contributed by atoms with Gasteiger partial charge < -0.3 is 9.47 Å². The lowest BCUT2D eigenvalue weighted by Gasteiger charge is -2.41. The van der Waals surface area contributed by atoms with Crippen LogP contribution in [0.4, 0.5) is 0 Å². The van der Waals surface area contributed by atoms with Gasteiger partial charge in [-0.1, -0.05) is 23.7 Å². The summed E-state index contributed by atoms with van der Waals surface area (Å²) in [5.41, 5.74) is 4.10. The van der Waals surface area contributed by atoms with Crippen LogP contribution >= 0.6 is 11.6 Å². The van der Waals surface area contributed by atoms with Crippen molar-refractivity contribution in [1.82, 2.24) is 9.80 Å². The van der Waals surface area contributed by atoms with Crippen LogP contribution in [0, 0.1) is 0 Å². The van der Waals surface area contributed by atoms with Crippen LogP contribution in [0.15, 0.2) is 36.4 Å². The zero-order valence-corrected chi connectivity index (χ0v) is 17.5. The number of hydrogen-bond donors (Lipinski definition) is 0. The maximum atomic E-state index is 6.02. The Balaban J connectivity index is 1.42. The SMILES string of the molecule is COc1cc2c(cc1OC)CN(C1CCCN(Cc3ccc(Cl)cc3)C1)CC2. The molecule has 0 bridgehead atoms. The minimum atomic E-state index is 0.613. The van der Waals surface area contributed by atoms with Crippen LogP contribution in [0.25, 0.3) is 0 Å². The first-order valence-corrected chi connectivity index (χ1v) is 10.5. The molecule has 5 heteroatoms. The number of fused-ring (bicyclic) bond motifs is 1. The average Bonchev–Trinajstić information content (AvgIpc) is 2.74. The van der Waals surface area contributed by atoms with E-state index >= 15 is 0 Å². The van der Waals surface area contributed by atoms with E-state index in [0.717, 1.165) is 49.1 Å². The van der Waals surface area contributed by atoms with Crippen LogP contribution in [-0.4, -0.2) is 49.7 Å². The molecule has 4 rings (SSSR count). The van der Waals surface area contributed by atoms with Crippen molar-refractivity contribution in [2.75, 3.05) is 33.9 Å². The summed E-state index contributed by atoms with van der Waals surface area (Å²) in [5.74, 6) is 1.66. The number of likely N-dealkylation sites (tertiary alicyclic amines) is 1. The third-order valence-corrected chi connectivity index (χ3v) is 6.32. The smallest absolute Gasteiger partial charge is 0.161 e. The molecule has 2 heterocycles. The van der Waals surface area contributed by atoms with E-state index in [1.165, 1.54) is 36.1 Å². The Morgan fingerprint density at radius 2 is 1.71 bits per heavy atom. The van der Waals surface area contributed by atoms with Gasteiger partial charge in [0, 0.05) is 37.2 Å². The van der Waals surface area contributed by atoms with Crippen LogP contribution in [0.5, 0.6) is 11.5 Å². The number of benzene rings is 2. The predicted octanol–water partition coefficient (Wildman–Crippen LogP) is 4.38. The largest absolute Gasteiger partial charge is 0.493 e. The van der Waals surface area contributed by atoms with Crippen molar-refractivity contribution in [3.8, 4) is 11.5 Å². The van der Waals surface area contributed by atoms with Crippen molar-refractivity contribution >= 4 is 11.6 Å². The predicted molar refractivity (Wildman–Crippen MR) is 113 cm³/mol. The zero-order chi connectivity index (χ0) is 19.5. The topological polar surface area (TPSA) is 24.9 Å². The monoisotopic (exact) mass is 400 g/mol. The normalized spacial score (nSPS) is 20.6. The molecule has 2 aliphatic rings. The summed E-state index contributed by atoms with van der Waals surface area (Å²) in [6, 6.07) is 13.2. The highest BCUT2D eigenvalue weighted by Gasteiger charge is 2.28. The fourth-order valence-electron chi connectivity index (χ4n) is 4.54. The molecule has 150 valence electrons. The molecule has 1 unspecified atom stereocenters. The summed E-state index contributed by atoms with van der Waals surface area (Å²) in [5, 5.41) is 0.805. The molecule has 0 N–H and O–H groups in total. The van der Waals surface area contributed by atoms with Gasteiger partial charge in [0.15, 0.2) is 11.5 Å². The summed E-state index contributed by atoms with van der Waals surface area (Å²) in [6.45, 7) is 5.42. The van der Waals surface area contributed by atoms with Gasteiger partial charge in [0.2, 0.25) is 0 Å². The third kappa shape index (κ3) is 4.29. The fraction of sp³-hybridized carbons (Fsp3) is 0.478. The van der Waals surface area contributed by atoms with Crippen LogP contribution in [-0.2, 0) is 19.5 Å². The first-order valence-electron chi connectivity index (χ1n) is 10.1. The van der Waals surface area contributed by atoms with Gasteiger partial charge in [0.25, 0.3) is 0 Å². The highest BCUT2D eigenvalue weighted by atomic mass is 35.5. The van der Waals surface area contributed by atoms with Crippen LogP contribution < -0.4 is 9.47 Å². The molecule has 2 aliphatic heterocycles. The number of methoxy groups -OCH3 is 2. The van der Waals surface area contributed by atoms with Crippen molar-refractivity contribution < 1.29 is 9.47 Å². The van der Waals surface area contributed by atoms with Gasteiger partial charge in [-0.15, -0.1) is 0 Å². The molecule has 4 nitrogen and oxygen atoms in total. The summed E-state index contributed by atoms with van der Waals surface area (Å²) >= 11 is 6.02. The Labute approximate surface area is 173 Å². The van der Waals surface area contributed by atoms with Crippen molar-refractivity contribution in [2.45, 2.75) is 38.4 Å². The van der Waals surface area contributed by atoms with Gasteiger partial charge in [0.05, 0.1) is 14.2 Å². The van der Waals surface area contributed by atoms with Crippen LogP contribution in [0.2, 0.25) is 5.02 Å². The van der Waals surface area contributed by atoms with E-state index in [0.29, 0.717) is 6.04 Å². The Bertz CT molecular complexity index is 809. The Hall–Kier alpha value is -1.75. The molecule has 0 radical (unpaired) electrons. The third-order valence-electron chi connectivity index (χ3n) is 6.06. The minimum absolute atomic E-state index is 0.613. The molecule has 0 aromatic heterocycles. The van der Waals surface area contributed by atoms with Crippen LogP contribution in [0.3, 0.4) is 0 Å². The number of ether oxygens (including phenoxy) is 2. The second-order valence-corrected chi connectivity index (χ2v) is 8.29. The lowest BCUT2D eigenvalue weighted by Crippen LogP contribution is -2.49. The van der Waals surface area contributed by atoms with Crippen molar-refractivity contribution in [1.29, 1.82) is 0 Å². The van der Waals surface area contributed by atoms with Crippen molar-refractivity contribution in [2.24, 2.45) is 0 Å². The molecule has 1 fully saturated rings. The molecule has 0 spiro atoms. The van der Waals surface area contributed by atoms with Gasteiger partial charge in [-0.25, -0.2) is 0 Å². The molecule has 28 heavy (non-hydrogen) atoms. The number of piperidine rings is 1. The van der Waals surface area contributed by atoms with E-state index in [1.54, 1.807) is 14.2 Å². The summed E-state index contributed by atoms with van der Waals surface area (Å²) in [4.78, 5) is 5.24. The van der Waals surface area contributed by atoms with E-state index in [2.05, 4.69) is 34.1 Å². The first-order chi connectivity index (χ1) is 13.7. The lowest BCUT2D eigenvalue weighted by molar-refractivity contribution is 0.0837. The molecule has 0 saturated carbocycles. The standard InChI is InChI=1S/C23H29ClN2O2/c1-27-22-12-18-9-11-26(15-19(18)13-23(22)28-2)21-4-3-10-25(16-21)14-17-5-7-20(24)8-6-17/h5-8,12-13,21H,3-4,9-11,14-16H2,1-2H3. The maximum Gasteiger partial charge on any atom is 0.161 e. The summed E-state index contributed by atoms with van der Waals surface area (Å²) in [7, 11) is 3.41. The second kappa shape index (κ2) is 8.73.